The Morgan fingerprint density at radius 1 is 1.25 bits per heavy atom. The van der Waals surface area contributed by atoms with E-state index >= 15 is 0 Å². The van der Waals surface area contributed by atoms with Gasteiger partial charge in [-0.3, -0.25) is 0 Å². The summed E-state index contributed by atoms with van der Waals surface area (Å²) in [5.74, 6) is -2.67. The van der Waals surface area contributed by atoms with Gasteiger partial charge in [-0.15, -0.1) is 0 Å². The van der Waals surface area contributed by atoms with Crippen molar-refractivity contribution in [1.82, 2.24) is 0 Å². The molecule has 0 amide bonds. The minimum absolute atomic E-state index is 0.372. The topological polar surface area (TPSA) is 118 Å². The third-order valence-electron chi connectivity index (χ3n) is 2.18. The van der Waals surface area contributed by atoms with Crippen molar-refractivity contribution in [3.63, 3.8) is 0 Å². The van der Waals surface area contributed by atoms with Crippen molar-refractivity contribution in [2.45, 2.75) is 19.1 Å². The molecule has 1 aromatic rings. The summed E-state index contributed by atoms with van der Waals surface area (Å²) < 4.78 is 0. The normalized spacial score (nSPS) is 14.4. The lowest BCUT2D eigenvalue weighted by Crippen LogP contribution is -2.17. The predicted molar refractivity (Wildman–Crippen MR) is 53.4 cm³/mol. The fourth-order valence-electron chi connectivity index (χ4n) is 1.32. The highest BCUT2D eigenvalue weighted by Gasteiger charge is 2.26. The van der Waals surface area contributed by atoms with Crippen LogP contribution in [0.3, 0.4) is 0 Å². The van der Waals surface area contributed by atoms with Crippen LogP contribution >= 0.6 is 0 Å². The second-order valence-corrected chi connectivity index (χ2v) is 3.39. The molecule has 1 aromatic carbocycles. The van der Waals surface area contributed by atoms with E-state index in [1.165, 1.54) is 6.92 Å². The van der Waals surface area contributed by atoms with Crippen LogP contribution in [0.5, 0.6) is 11.5 Å². The quantitative estimate of drug-likeness (QED) is 0.472. The molecule has 2 atom stereocenters. The van der Waals surface area contributed by atoms with Gasteiger partial charge < -0.3 is 25.5 Å². The third kappa shape index (κ3) is 2.07. The summed E-state index contributed by atoms with van der Waals surface area (Å²) in [6, 6.07) is 2.04. The fraction of sp³-hybridized carbons (Fsp3) is 0.300. The molecular weight excluding hydrogens is 216 g/mol. The predicted octanol–water partition coefficient (Wildman–Crippen LogP) is 0.210. The Morgan fingerprint density at radius 3 is 2.25 bits per heavy atom. The van der Waals surface area contributed by atoms with Gasteiger partial charge in [-0.2, -0.15) is 0 Å². The number of hydrogen-bond donors (Lipinski definition) is 5. The van der Waals surface area contributed by atoms with E-state index in [-0.39, 0.29) is 5.56 Å². The first-order chi connectivity index (χ1) is 7.36. The van der Waals surface area contributed by atoms with Crippen LogP contribution in [0.1, 0.15) is 28.9 Å². The molecule has 5 N–H and O–H groups in total. The average Bonchev–Trinajstić information content (AvgIpc) is 2.20. The molecule has 0 saturated heterocycles. The summed E-state index contributed by atoms with van der Waals surface area (Å²) in [6.45, 7) is 1.24. The number of rotatable bonds is 3. The second kappa shape index (κ2) is 4.38. The molecule has 0 aliphatic heterocycles. The highest BCUT2D eigenvalue weighted by atomic mass is 16.4. The van der Waals surface area contributed by atoms with Gasteiger partial charge in [-0.25, -0.2) is 4.79 Å². The van der Waals surface area contributed by atoms with Gasteiger partial charge >= 0.3 is 5.97 Å². The summed E-state index contributed by atoms with van der Waals surface area (Å²) in [5.41, 5.74) is -0.772. The van der Waals surface area contributed by atoms with E-state index in [2.05, 4.69) is 0 Å². The first-order valence-electron chi connectivity index (χ1n) is 4.50. The fourth-order valence-corrected chi connectivity index (χ4v) is 1.32. The van der Waals surface area contributed by atoms with Crippen molar-refractivity contribution in [2.24, 2.45) is 0 Å². The van der Waals surface area contributed by atoms with Crippen LogP contribution < -0.4 is 0 Å². The van der Waals surface area contributed by atoms with Crippen LogP contribution in [0.15, 0.2) is 12.1 Å². The van der Waals surface area contributed by atoms with Gasteiger partial charge in [-0.1, -0.05) is 0 Å². The number of benzene rings is 1. The highest BCUT2D eigenvalue weighted by Crippen LogP contribution is 2.36. The number of aromatic hydroxyl groups is 2. The summed E-state index contributed by atoms with van der Waals surface area (Å²) in [6.07, 6.45) is -2.86. The first kappa shape index (κ1) is 12.3. The maximum atomic E-state index is 10.8. The molecule has 88 valence electrons. The molecule has 16 heavy (non-hydrogen) atoms. The number of hydrogen-bond acceptors (Lipinski definition) is 5. The van der Waals surface area contributed by atoms with E-state index in [9.17, 15) is 20.1 Å². The minimum atomic E-state index is -1.59. The van der Waals surface area contributed by atoms with Crippen LogP contribution in [-0.2, 0) is 0 Å². The number of phenols is 2. The maximum absolute atomic E-state index is 10.8. The van der Waals surface area contributed by atoms with E-state index < -0.39 is 35.2 Å². The maximum Gasteiger partial charge on any atom is 0.336 e. The Hall–Kier alpha value is -1.79. The molecule has 0 fully saturated rings. The molecule has 0 radical (unpaired) electrons. The van der Waals surface area contributed by atoms with Crippen LogP contribution in [0.4, 0.5) is 0 Å². The van der Waals surface area contributed by atoms with Crippen LogP contribution in [0.2, 0.25) is 0 Å². The van der Waals surface area contributed by atoms with Gasteiger partial charge in [0.05, 0.1) is 11.7 Å². The van der Waals surface area contributed by atoms with Gasteiger partial charge in [0.2, 0.25) is 0 Å². The van der Waals surface area contributed by atoms with Crippen molar-refractivity contribution < 1.29 is 30.3 Å². The highest BCUT2D eigenvalue weighted by molar-refractivity contribution is 5.91. The summed E-state index contributed by atoms with van der Waals surface area (Å²) >= 11 is 0. The SMILES string of the molecule is CC(O)C(O)c1c(C(=O)O)ccc(O)c1O. The molecule has 6 nitrogen and oxygen atoms in total. The number of carboxylic acids is 1. The first-order valence-corrected chi connectivity index (χ1v) is 4.50. The van der Waals surface area contributed by atoms with Gasteiger partial charge in [0.15, 0.2) is 11.5 Å². The third-order valence-corrected chi connectivity index (χ3v) is 2.18. The van der Waals surface area contributed by atoms with Crippen LogP contribution in [-0.4, -0.2) is 37.6 Å². The molecule has 0 spiro atoms. The molecular formula is C10H12O6. The molecule has 0 aliphatic carbocycles. The Bertz CT molecular complexity index is 412. The largest absolute Gasteiger partial charge is 0.504 e. The number of carboxylic acid groups (broad SMARTS) is 1. The number of phenolic OH excluding ortho intramolecular Hbond substituents is 2. The molecule has 0 bridgehead atoms. The molecule has 0 saturated carbocycles. The lowest BCUT2D eigenvalue weighted by molar-refractivity contribution is 0.0275. The van der Waals surface area contributed by atoms with E-state index in [0.29, 0.717) is 0 Å². The lowest BCUT2D eigenvalue weighted by atomic mass is 9.97. The van der Waals surface area contributed by atoms with Crippen molar-refractivity contribution in [3.8, 4) is 11.5 Å². The van der Waals surface area contributed by atoms with E-state index in [1.54, 1.807) is 0 Å². The van der Waals surface area contributed by atoms with Gasteiger partial charge in [0.25, 0.3) is 0 Å². The summed E-state index contributed by atoms with van der Waals surface area (Å²) in [4.78, 5) is 10.8. The number of aliphatic hydroxyl groups excluding tert-OH is 2. The van der Waals surface area contributed by atoms with E-state index in [1.807, 2.05) is 0 Å². The van der Waals surface area contributed by atoms with Crippen molar-refractivity contribution >= 4 is 5.97 Å². The van der Waals surface area contributed by atoms with Crippen molar-refractivity contribution in [1.29, 1.82) is 0 Å². The van der Waals surface area contributed by atoms with E-state index in [0.717, 1.165) is 12.1 Å². The number of aromatic carboxylic acids is 1. The molecule has 0 aromatic heterocycles. The van der Waals surface area contributed by atoms with Crippen LogP contribution in [0, 0.1) is 0 Å². The molecule has 0 aliphatic rings. The lowest BCUT2D eigenvalue weighted by Gasteiger charge is -2.18. The Balaban J connectivity index is 3.43. The van der Waals surface area contributed by atoms with Crippen LogP contribution in [0.25, 0.3) is 0 Å². The summed E-state index contributed by atoms with van der Waals surface area (Å²) in [5, 5.41) is 46.2. The standard InChI is InChI=1S/C10H12O6/c1-4(11)8(13)7-5(10(15)16)2-3-6(12)9(7)14/h2-4,8,11-14H,1H3,(H,15,16). The zero-order valence-electron chi connectivity index (χ0n) is 8.45. The second-order valence-electron chi connectivity index (χ2n) is 3.39. The minimum Gasteiger partial charge on any atom is -0.504 e. The molecule has 2 unspecified atom stereocenters. The van der Waals surface area contributed by atoms with Crippen molar-refractivity contribution in [3.05, 3.63) is 23.3 Å². The summed E-state index contributed by atoms with van der Waals surface area (Å²) in [7, 11) is 0. The number of carbonyl (C=O) groups is 1. The Morgan fingerprint density at radius 2 is 1.81 bits per heavy atom. The monoisotopic (exact) mass is 228 g/mol. The molecule has 0 heterocycles. The number of aliphatic hydroxyl groups is 2. The Kier molecular flexibility index (Phi) is 3.36. The zero-order valence-corrected chi connectivity index (χ0v) is 8.45. The van der Waals surface area contributed by atoms with Gasteiger partial charge in [-0.05, 0) is 19.1 Å². The average molecular weight is 228 g/mol. The molecule has 6 heteroatoms. The van der Waals surface area contributed by atoms with Gasteiger partial charge in [0, 0.05) is 5.56 Å². The zero-order chi connectivity index (χ0) is 12.5. The molecule has 1 rings (SSSR count). The smallest absolute Gasteiger partial charge is 0.336 e. The van der Waals surface area contributed by atoms with E-state index in [4.69, 9.17) is 10.2 Å². The Labute approximate surface area is 91.0 Å². The van der Waals surface area contributed by atoms with Gasteiger partial charge in [0.1, 0.15) is 6.10 Å². The van der Waals surface area contributed by atoms with Crippen molar-refractivity contribution in [2.75, 3.05) is 0 Å².